The summed E-state index contributed by atoms with van der Waals surface area (Å²) in [5.74, 6) is 1.37. The maximum atomic E-state index is 11.9. The number of carbonyl (C=O) groups is 2. The van der Waals surface area contributed by atoms with Gasteiger partial charge in [0.25, 0.3) is 0 Å². The second-order valence-corrected chi connectivity index (χ2v) is 5.62. The molecule has 1 aliphatic carbocycles. The Balaban J connectivity index is 1.69. The monoisotopic (exact) mass is 253 g/mol. The largest absolute Gasteiger partial charge is 0.354 e. The van der Waals surface area contributed by atoms with Crippen molar-refractivity contribution >= 4 is 11.8 Å². The van der Waals surface area contributed by atoms with E-state index in [-0.39, 0.29) is 24.4 Å². The molecule has 5 nitrogen and oxygen atoms in total. The Labute approximate surface area is 108 Å². The molecular formula is C13H23N3O2. The Bertz CT molecular complexity index is 309. The van der Waals surface area contributed by atoms with Crippen LogP contribution < -0.4 is 16.0 Å². The van der Waals surface area contributed by atoms with Crippen LogP contribution >= 0.6 is 0 Å². The first kappa shape index (κ1) is 13.3. The number of hydrogen-bond donors (Lipinski definition) is 3. The third kappa shape index (κ3) is 3.70. The van der Waals surface area contributed by atoms with Crippen molar-refractivity contribution in [1.29, 1.82) is 0 Å². The molecule has 0 bridgehead atoms. The Morgan fingerprint density at radius 1 is 1.44 bits per heavy atom. The molecule has 2 fully saturated rings. The zero-order chi connectivity index (χ0) is 13.0. The second-order valence-electron chi connectivity index (χ2n) is 5.62. The van der Waals surface area contributed by atoms with Gasteiger partial charge in [0.1, 0.15) is 6.04 Å². The Hall–Kier alpha value is -1.10. The molecule has 1 heterocycles. The van der Waals surface area contributed by atoms with Gasteiger partial charge in [0, 0.05) is 13.1 Å². The number of nitrogens with one attached hydrogen (secondary N) is 3. The van der Waals surface area contributed by atoms with E-state index in [1.807, 2.05) is 0 Å². The highest BCUT2D eigenvalue weighted by molar-refractivity contribution is 5.86. The van der Waals surface area contributed by atoms with Gasteiger partial charge in [0.2, 0.25) is 11.8 Å². The Morgan fingerprint density at radius 2 is 2.28 bits per heavy atom. The molecule has 2 aliphatic rings. The summed E-state index contributed by atoms with van der Waals surface area (Å²) in [6.45, 7) is 3.69. The van der Waals surface area contributed by atoms with Crippen LogP contribution in [0.3, 0.4) is 0 Å². The molecule has 1 saturated heterocycles. The summed E-state index contributed by atoms with van der Waals surface area (Å²) >= 11 is 0. The van der Waals surface area contributed by atoms with Gasteiger partial charge in [0.15, 0.2) is 0 Å². The van der Waals surface area contributed by atoms with Crippen LogP contribution in [0.1, 0.15) is 32.6 Å². The summed E-state index contributed by atoms with van der Waals surface area (Å²) in [5.41, 5.74) is 0. The van der Waals surface area contributed by atoms with E-state index in [2.05, 4.69) is 22.9 Å². The first-order chi connectivity index (χ1) is 8.65. The fourth-order valence-corrected chi connectivity index (χ4v) is 2.87. The van der Waals surface area contributed by atoms with Crippen molar-refractivity contribution in [1.82, 2.24) is 16.0 Å². The van der Waals surface area contributed by atoms with Crippen molar-refractivity contribution in [2.24, 2.45) is 11.8 Å². The van der Waals surface area contributed by atoms with Crippen LogP contribution in [0.25, 0.3) is 0 Å². The average molecular weight is 253 g/mol. The number of carbonyl (C=O) groups excluding carboxylic acids is 2. The van der Waals surface area contributed by atoms with Gasteiger partial charge < -0.3 is 10.6 Å². The summed E-state index contributed by atoms with van der Waals surface area (Å²) in [4.78, 5) is 22.9. The fraction of sp³-hybridized carbons (Fsp3) is 0.846. The van der Waals surface area contributed by atoms with Gasteiger partial charge in [-0.2, -0.15) is 0 Å². The Kier molecular flexibility index (Phi) is 4.58. The van der Waals surface area contributed by atoms with E-state index >= 15 is 0 Å². The summed E-state index contributed by atoms with van der Waals surface area (Å²) < 4.78 is 0. The van der Waals surface area contributed by atoms with E-state index in [0.717, 1.165) is 12.5 Å². The van der Waals surface area contributed by atoms with Crippen LogP contribution in [-0.4, -0.2) is 37.5 Å². The molecule has 0 aromatic carbocycles. The lowest BCUT2D eigenvalue weighted by atomic mass is 9.82. The second kappa shape index (κ2) is 6.18. The quantitative estimate of drug-likeness (QED) is 0.664. The predicted molar refractivity (Wildman–Crippen MR) is 68.9 cm³/mol. The molecule has 0 aromatic rings. The molecule has 5 heteroatoms. The molecule has 3 atom stereocenters. The van der Waals surface area contributed by atoms with Gasteiger partial charge in [-0.1, -0.05) is 19.8 Å². The first-order valence-electron chi connectivity index (χ1n) is 6.93. The fourth-order valence-electron chi connectivity index (χ4n) is 2.87. The van der Waals surface area contributed by atoms with Crippen molar-refractivity contribution in [2.75, 3.05) is 19.6 Å². The predicted octanol–water partition coefficient (Wildman–Crippen LogP) is 0.0169. The zero-order valence-corrected chi connectivity index (χ0v) is 11.0. The number of piperazine rings is 1. The molecule has 1 aliphatic heterocycles. The molecule has 3 unspecified atom stereocenters. The lowest BCUT2D eigenvalue weighted by Gasteiger charge is -2.28. The first-order valence-corrected chi connectivity index (χ1v) is 6.93. The number of rotatable bonds is 3. The van der Waals surface area contributed by atoms with Crippen LogP contribution in [0.5, 0.6) is 0 Å². The van der Waals surface area contributed by atoms with Crippen LogP contribution in [-0.2, 0) is 9.59 Å². The molecule has 3 N–H and O–H groups in total. The Morgan fingerprint density at radius 3 is 2.94 bits per heavy atom. The molecule has 2 rings (SSSR count). The van der Waals surface area contributed by atoms with Gasteiger partial charge in [-0.15, -0.1) is 0 Å². The highest BCUT2D eigenvalue weighted by Gasteiger charge is 2.25. The molecule has 0 aromatic heterocycles. The van der Waals surface area contributed by atoms with E-state index < -0.39 is 0 Å². The molecule has 102 valence electrons. The van der Waals surface area contributed by atoms with Crippen molar-refractivity contribution in [3.8, 4) is 0 Å². The van der Waals surface area contributed by atoms with Gasteiger partial charge in [-0.25, -0.2) is 0 Å². The van der Waals surface area contributed by atoms with Gasteiger partial charge in [-0.3, -0.25) is 14.9 Å². The summed E-state index contributed by atoms with van der Waals surface area (Å²) in [6, 6.07) is -0.274. The molecular weight excluding hydrogens is 230 g/mol. The van der Waals surface area contributed by atoms with Crippen molar-refractivity contribution in [2.45, 2.75) is 38.6 Å². The van der Waals surface area contributed by atoms with Crippen molar-refractivity contribution < 1.29 is 9.59 Å². The van der Waals surface area contributed by atoms with Gasteiger partial charge >= 0.3 is 0 Å². The zero-order valence-electron chi connectivity index (χ0n) is 11.0. The highest BCUT2D eigenvalue weighted by Crippen LogP contribution is 2.27. The molecule has 18 heavy (non-hydrogen) atoms. The van der Waals surface area contributed by atoms with Crippen LogP contribution in [0.2, 0.25) is 0 Å². The minimum absolute atomic E-state index is 0.00762. The third-order valence-electron chi connectivity index (χ3n) is 3.94. The minimum atomic E-state index is -0.274. The lowest BCUT2D eigenvalue weighted by molar-refractivity contribution is -0.126. The normalized spacial score (nSPS) is 32.7. The summed E-state index contributed by atoms with van der Waals surface area (Å²) in [7, 11) is 0. The summed E-state index contributed by atoms with van der Waals surface area (Å²) in [6.07, 6.45) is 5.04. The van der Waals surface area contributed by atoms with E-state index in [0.29, 0.717) is 12.5 Å². The molecule has 2 amide bonds. The van der Waals surface area contributed by atoms with E-state index in [9.17, 15) is 9.59 Å². The van der Waals surface area contributed by atoms with Crippen molar-refractivity contribution in [3.05, 3.63) is 0 Å². The van der Waals surface area contributed by atoms with E-state index in [1.54, 1.807) is 0 Å². The maximum absolute atomic E-state index is 11.9. The third-order valence-corrected chi connectivity index (χ3v) is 3.94. The summed E-state index contributed by atoms with van der Waals surface area (Å²) in [5, 5.41) is 8.64. The lowest BCUT2D eigenvalue weighted by Crippen LogP contribution is -2.58. The van der Waals surface area contributed by atoms with E-state index in [1.165, 1.54) is 25.7 Å². The van der Waals surface area contributed by atoms with Crippen molar-refractivity contribution in [3.63, 3.8) is 0 Å². The highest BCUT2D eigenvalue weighted by atomic mass is 16.2. The van der Waals surface area contributed by atoms with Crippen LogP contribution in [0.4, 0.5) is 0 Å². The molecule has 0 radical (unpaired) electrons. The standard InChI is InChI=1S/C13H23N3O2/c1-9-3-2-4-10(5-9)6-16-13(18)11-7-15-12(17)8-14-11/h9-11,14H,2-8H2,1H3,(H,15,17)(H,16,18). The van der Waals surface area contributed by atoms with E-state index in [4.69, 9.17) is 0 Å². The van der Waals surface area contributed by atoms with Gasteiger partial charge in [-0.05, 0) is 24.7 Å². The SMILES string of the molecule is CC1CCCC(CNC(=O)C2CNC(=O)CN2)C1. The topological polar surface area (TPSA) is 70.2 Å². The number of amides is 2. The maximum Gasteiger partial charge on any atom is 0.238 e. The van der Waals surface area contributed by atoms with Crippen LogP contribution in [0.15, 0.2) is 0 Å². The minimum Gasteiger partial charge on any atom is -0.354 e. The molecule has 1 saturated carbocycles. The number of hydrogen-bond acceptors (Lipinski definition) is 3. The van der Waals surface area contributed by atoms with Gasteiger partial charge in [0.05, 0.1) is 6.54 Å². The smallest absolute Gasteiger partial charge is 0.238 e. The molecule has 0 spiro atoms. The van der Waals surface area contributed by atoms with Crippen LogP contribution in [0, 0.1) is 11.8 Å². The average Bonchev–Trinajstić information content (AvgIpc) is 2.37.